The van der Waals surface area contributed by atoms with Crippen molar-refractivity contribution in [1.29, 1.82) is 0 Å². The van der Waals surface area contributed by atoms with E-state index in [-0.39, 0.29) is 10.6 Å². The second-order valence-corrected chi connectivity index (χ2v) is 6.44. The van der Waals surface area contributed by atoms with Crippen LogP contribution in [-0.4, -0.2) is 21.2 Å². The Balaban J connectivity index is 2.03. The lowest BCUT2D eigenvalue weighted by Crippen LogP contribution is -2.19. The van der Waals surface area contributed by atoms with Crippen molar-refractivity contribution in [3.63, 3.8) is 0 Å². The molecule has 1 aliphatic carbocycles. The highest BCUT2D eigenvalue weighted by atomic mass is 16.6. The van der Waals surface area contributed by atoms with E-state index in [1.165, 1.54) is 6.07 Å². The van der Waals surface area contributed by atoms with Crippen LogP contribution in [0.4, 0.5) is 5.69 Å². The average Bonchev–Trinajstić information content (AvgIpc) is 2.61. The second-order valence-electron chi connectivity index (χ2n) is 6.44. The van der Waals surface area contributed by atoms with Gasteiger partial charge in [0, 0.05) is 11.5 Å². The van der Waals surface area contributed by atoms with Gasteiger partial charge in [0.05, 0.1) is 10.3 Å². The van der Waals surface area contributed by atoms with Gasteiger partial charge in [-0.1, -0.05) is 30.4 Å². The monoisotopic (exact) mass is 331 g/mol. The van der Waals surface area contributed by atoms with Gasteiger partial charge < -0.3 is 10.2 Å². The minimum atomic E-state index is -1.01. The smallest absolute Gasteiger partial charge is 0.277 e. The lowest BCUT2D eigenvalue weighted by Gasteiger charge is -2.25. The highest BCUT2D eigenvalue weighted by Crippen LogP contribution is 2.43. The second kappa shape index (κ2) is 4.75. The van der Waals surface area contributed by atoms with Gasteiger partial charge in [0.2, 0.25) is 0 Å². The van der Waals surface area contributed by atoms with E-state index in [4.69, 9.17) is 0 Å². The topological polar surface area (TPSA) is 83.6 Å². The molecule has 0 saturated heterocycles. The first-order chi connectivity index (χ1) is 12.1. The molecule has 0 bridgehead atoms. The van der Waals surface area contributed by atoms with Gasteiger partial charge in [0.25, 0.3) is 5.69 Å². The van der Waals surface area contributed by atoms with Crippen LogP contribution in [0.3, 0.4) is 0 Å². The molecule has 4 aromatic rings. The van der Waals surface area contributed by atoms with E-state index >= 15 is 0 Å². The summed E-state index contributed by atoms with van der Waals surface area (Å²) in [6, 6.07) is 12.7. The molecule has 25 heavy (non-hydrogen) atoms. The minimum Gasteiger partial charge on any atom is -0.386 e. The summed E-state index contributed by atoms with van der Waals surface area (Å²) in [7, 11) is 0. The molecule has 5 rings (SSSR count). The zero-order valence-corrected chi connectivity index (χ0v) is 13.0. The number of nitro groups is 1. The molecule has 1 aliphatic rings. The molecule has 0 spiro atoms. The Morgan fingerprint density at radius 1 is 0.920 bits per heavy atom. The van der Waals surface area contributed by atoms with Crippen LogP contribution in [0.15, 0.2) is 48.5 Å². The maximum Gasteiger partial charge on any atom is 0.277 e. The third kappa shape index (κ3) is 1.79. The summed E-state index contributed by atoms with van der Waals surface area (Å²) >= 11 is 0. The molecule has 2 N–H and O–H groups in total. The molecule has 5 heteroatoms. The predicted molar refractivity (Wildman–Crippen MR) is 96.8 cm³/mol. The van der Waals surface area contributed by atoms with Crippen molar-refractivity contribution in [1.82, 2.24) is 0 Å². The van der Waals surface area contributed by atoms with Gasteiger partial charge in [-0.2, -0.15) is 0 Å². The number of hydrogen-bond donors (Lipinski definition) is 2. The van der Waals surface area contributed by atoms with Gasteiger partial charge in [0.15, 0.2) is 0 Å². The van der Waals surface area contributed by atoms with Gasteiger partial charge in [0.1, 0.15) is 12.2 Å². The first kappa shape index (κ1) is 14.3. The number of hydrogen-bond acceptors (Lipinski definition) is 4. The Hall–Kier alpha value is -3.02. The van der Waals surface area contributed by atoms with Crippen molar-refractivity contribution in [3.05, 3.63) is 69.8 Å². The molecule has 5 nitrogen and oxygen atoms in total. The number of benzene rings is 4. The third-order valence-corrected chi connectivity index (χ3v) is 5.12. The van der Waals surface area contributed by atoms with Gasteiger partial charge in [-0.15, -0.1) is 0 Å². The highest BCUT2D eigenvalue weighted by Gasteiger charge is 2.27. The Bertz CT molecular complexity index is 1210. The van der Waals surface area contributed by atoms with Crippen LogP contribution in [0.1, 0.15) is 17.2 Å². The normalized spacial score (nSPS) is 19.8. The number of rotatable bonds is 1. The fraction of sp³-hybridized carbons (Fsp3) is 0.100. The first-order valence-electron chi connectivity index (χ1n) is 7.99. The van der Waals surface area contributed by atoms with Gasteiger partial charge in [-0.25, -0.2) is 0 Å². The molecule has 0 heterocycles. The summed E-state index contributed by atoms with van der Waals surface area (Å²) < 4.78 is 0. The van der Waals surface area contributed by atoms with Gasteiger partial charge >= 0.3 is 0 Å². The van der Waals surface area contributed by atoms with Crippen molar-refractivity contribution < 1.29 is 15.1 Å². The fourth-order valence-electron chi connectivity index (χ4n) is 4.01. The van der Waals surface area contributed by atoms with Crippen molar-refractivity contribution in [2.45, 2.75) is 12.2 Å². The summed E-state index contributed by atoms with van der Waals surface area (Å²) in [5, 5.41) is 36.9. The van der Waals surface area contributed by atoms with Crippen LogP contribution >= 0.6 is 0 Å². The molecule has 122 valence electrons. The first-order valence-corrected chi connectivity index (χ1v) is 7.99. The van der Waals surface area contributed by atoms with E-state index in [2.05, 4.69) is 0 Å². The van der Waals surface area contributed by atoms with E-state index in [0.29, 0.717) is 10.9 Å². The molecular formula is C20H13NO4. The number of nitro benzene ring substituents is 1. The van der Waals surface area contributed by atoms with Crippen molar-refractivity contribution >= 4 is 44.1 Å². The van der Waals surface area contributed by atoms with E-state index in [1.807, 2.05) is 30.3 Å². The molecule has 0 amide bonds. The Morgan fingerprint density at radius 2 is 1.60 bits per heavy atom. The van der Waals surface area contributed by atoms with Crippen LogP contribution in [0.25, 0.3) is 38.4 Å². The van der Waals surface area contributed by atoms with E-state index in [9.17, 15) is 20.3 Å². The molecule has 0 radical (unpaired) electrons. The van der Waals surface area contributed by atoms with Crippen molar-refractivity contribution in [3.8, 4) is 0 Å². The Morgan fingerprint density at radius 3 is 2.40 bits per heavy atom. The van der Waals surface area contributed by atoms with Crippen LogP contribution < -0.4 is 0 Å². The average molecular weight is 331 g/mol. The SMILES string of the molecule is O=[N+]([O-])c1ccc2ccc3cc4c(c5ccc1c2c35)[C@H](O)[C@@H](O)C=C4. The number of non-ortho nitro benzene ring substituents is 1. The summed E-state index contributed by atoms with van der Waals surface area (Å²) in [4.78, 5) is 11.0. The summed E-state index contributed by atoms with van der Waals surface area (Å²) in [6.07, 6.45) is 1.42. The molecule has 0 fully saturated rings. The van der Waals surface area contributed by atoms with Crippen LogP contribution in [0, 0.1) is 10.1 Å². The number of aliphatic hydroxyl groups is 2. The molecule has 2 atom stereocenters. The lowest BCUT2D eigenvalue weighted by molar-refractivity contribution is -0.383. The number of nitrogens with zero attached hydrogens (tertiary/aromatic N) is 1. The minimum absolute atomic E-state index is 0.0695. The molecule has 0 aromatic heterocycles. The summed E-state index contributed by atoms with van der Waals surface area (Å²) in [6.45, 7) is 0. The fourth-order valence-corrected chi connectivity index (χ4v) is 4.01. The molecular weight excluding hydrogens is 318 g/mol. The van der Waals surface area contributed by atoms with Crippen LogP contribution in [-0.2, 0) is 0 Å². The number of aliphatic hydroxyl groups excluding tert-OH is 2. The summed E-state index contributed by atoms with van der Waals surface area (Å²) in [5.74, 6) is 0. The van der Waals surface area contributed by atoms with E-state index in [0.717, 1.165) is 32.5 Å². The molecule has 0 unspecified atom stereocenters. The van der Waals surface area contributed by atoms with Gasteiger partial charge in [-0.3, -0.25) is 10.1 Å². The van der Waals surface area contributed by atoms with Gasteiger partial charge in [-0.05, 0) is 50.9 Å². The molecule has 0 aliphatic heterocycles. The predicted octanol–water partition coefficient (Wildman–Crippen LogP) is 3.91. The molecule has 4 aromatic carbocycles. The Labute approximate surface area is 141 Å². The Kier molecular flexibility index (Phi) is 2.72. The zero-order chi connectivity index (χ0) is 17.3. The van der Waals surface area contributed by atoms with E-state index < -0.39 is 12.2 Å². The lowest BCUT2D eigenvalue weighted by atomic mass is 9.84. The standard InChI is InChI=1S/C20H13NO4/c22-16-8-4-12-9-11-2-1-10-3-7-15(21(24)25)13-5-6-14(18(11)17(10)13)19(12)20(16)23/h1-9,16,20,22-23H/t16-,20+/m0/s1. The van der Waals surface area contributed by atoms with Crippen molar-refractivity contribution in [2.75, 3.05) is 0 Å². The maximum atomic E-state index is 11.4. The van der Waals surface area contributed by atoms with Crippen molar-refractivity contribution in [2.24, 2.45) is 0 Å². The third-order valence-electron chi connectivity index (χ3n) is 5.12. The summed E-state index contributed by atoms with van der Waals surface area (Å²) in [5.41, 5.74) is 1.60. The largest absolute Gasteiger partial charge is 0.386 e. The highest BCUT2D eigenvalue weighted by molar-refractivity contribution is 6.25. The van der Waals surface area contributed by atoms with Crippen LogP contribution in [0.2, 0.25) is 0 Å². The number of fused-ring (bicyclic) bond motifs is 2. The molecule has 0 saturated carbocycles. The van der Waals surface area contributed by atoms with Crippen LogP contribution in [0.5, 0.6) is 0 Å². The quantitative estimate of drug-likeness (QED) is 0.315. The maximum absolute atomic E-state index is 11.4. The van der Waals surface area contributed by atoms with E-state index in [1.54, 1.807) is 18.2 Å². The zero-order valence-electron chi connectivity index (χ0n) is 13.0.